The van der Waals surface area contributed by atoms with Crippen molar-refractivity contribution in [2.24, 2.45) is 5.92 Å². The summed E-state index contributed by atoms with van der Waals surface area (Å²) in [6, 6.07) is 0. The largest absolute Gasteiger partial charge is 0.469 e. The van der Waals surface area contributed by atoms with E-state index in [1.807, 2.05) is 6.92 Å². The van der Waals surface area contributed by atoms with Gasteiger partial charge in [0.15, 0.2) is 5.89 Å². The average Bonchev–Trinajstić information content (AvgIpc) is 2.75. The third kappa shape index (κ3) is 2.10. The van der Waals surface area contributed by atoms with Gasteiger partial charge in [-0.1, -0.05) is 12.8 Å². The number of carbonyl (C=O) groups excluding carboxylic acids is 1. The summed E-state index contributed by atoms with van der Waals surface area (Å²) in [7, 11) is 1.44. The number of hydrogen-bond acceptors (Lipinski definition) is 4. The summed E-state index contributed by atoms with van der Waals surface area (Å²) >= 11 is 0. The van der Waals surface area contributed by atoms with Crippen LogP contribution in [0.15, 0.2) is 10.6 Å². The number of methoxy groups -OCH3 is 1. The predicted octanol–water partition coefficient (Wildman–Crippen LogP) is 2.43. The van der Waals surface area contributed by atoms with Crippen LogP contribution in [0.4, 0.5) is 0 Å². The topological polar surface area (TPSA) is 52.3 Å². The van der Waals surface area contributed by atoms with Crippen LogP contribution in [0.25, 0.3) is 0 Å². The fourth-order valence-electron chi connectivity index (χ4n) is 2.40. The zero-order chi connectivity index (χ0) is 11.5. The highest BCUT2D eigenvalue weighted by atomic mass is 16.5. The van der Waals surface area contributed by atoms with E-state index in [-0.39, 0.29) is 17.8 Å². The van der Waals surface area contributed by atoms with E-state index in [0.717, 1.165) is 31.4 Å². The van der Waals surface area contributed by atoms with Gasteiger partial charge in [-0.2, -0.15) is 0 Å². The number of oxazole rings is 1. The Hall–Kier alpha value is -1.32. The van der Waals surface area contributed by atoms with Gasteiger partial charge in [-0.3, -0.25) is 4.79 Å². The molecule has 1 heterocycles. The Kier molecular flexibility index (Phi) is 3.27. The lowest BCUT2D eigenvalue weighted by molar-refractivity contribution is -0.147. The first-order chi connectivity index (χ1) is 7.72. The lowest BCUT2D eigenvalue weighted by atomic mass is 9.79. The Morgan fingerprint density at radius 2 is 2.25 bits per heavy atom. The molecule has 2 rings (SSSR count). The van der Waals surface area contributed by atoms with E-state index in [9.17, 15) is 4.79 Å². The first-order valence-electron chi connectivity index (χ1n) is 5.72. The fourth-order valence-corrected chi connectivity index (χ4v) is 2.40. The van der Waals surface area contributed by atoms with Crippen molar-refractivity contribution in [2.45, 2.75) is 38.5 Å². The van der Waals surface area contributed by atoms with Crippen molar-refractivity contribution in [1.29, 1.82) is 0 Å². The Morgan fingerprint density at radius 1 is 1.50 bits per heavy atom. The van der Waals surface area contributed by atoms with Crippen LogP contribution in [-0.2, 0) is 9.53 Å². The SMILES string of the molecule is COC(=O)C1CCCCC1c1ncc(C)o1. The first-order valence-corrected chi connectivity index (χ1v) is 5.72. The van der Waals surface area contributed by atoms with Gasteiger partial charge in [0, 0.05) is 5.92 Å². The summed E-state index contributed by atoms with van der Waals surface area (Å²) < 4.78 is 10.4. The van der Waals surface area contributed by atoms with Crippen molar-refractivity contribution in [3.05, 3.63) is 17.8 Å². The molecule has 1 aliphatic rings. The molecule has 0 bridgehead atoms. The standard InChI is InChI=1S/C12H17NO3/c1-8-7-13-11(16-8)9-5-3-4-6-10(9)12(14)15-2/h7,9-10H,3-6H2,1-2H3. The van der Waals surface area contributed by atoms with Crippen LogP contribution >= 0.6 is 0 Å². The molecule has 0 aliphatic heterocycles. The van der Waals surface area contributed by atoms with E-state index in [1.54, 1.807) is 6.20 Å². The maximum atomic E-state index is 11.7. The Morgan fingerprint density at radius 3 is 2.88 bits per heavy atom. The van der Waals surface area contributed by atoms with E-state index < -0.39 is 0 Å². The molecule has 0 aromatic carbocycles. The van der Waals surface area contributed by atoms with E-state index in [4.69, 9.17) is 9.15 Å². The Bertz CT molecular complexity index is 372. The lowest BCUT2D eigenvalue weighted by Gasteiger charge is -2.26. The molecule has 0 amide bonds. The van der Waals surface area contributed by atoms with Crippen molar-refractivity contribution < 1.29 is 13.9 Å². The smallest absolute Gasteiger partial charge is 0.309 e. The molecule has 0 N–H and O–H groups in total. The molecule has 16 heavy (non-hydrogen) atoms. The molecule has 1 aliphatic carbocycles. The van der Waals surface area contributed by atoms with E-state index in [0.29, 0.717) is 5.89 Å². The molecular formula is C12H17NO3. The first kappa shape index (κ1) is 11.2. The molecule has 0 radical (unpaired) electrons. The number of aryl methyl sites for hydroxylation is 1. The minimum atomic E-state index is -0.138. The van der Waals surface area contributed by atoms with Crippen LogP contribution < -0.4 is 0 Å². The number of nitrogens with zero attached hydrogens (tertiary/aromatic N) is 1. The van der Waals surface area contributed by atoms with Gasteiger partial charge in [0.05, 0.1) is 19.2 Å². The molecule has 2 atom stereocenters. The van der Waals surface area contributed by atoms with Crippen molar-refractivity contribution >= 4 is 5.97 Å². The van der Waals surface area contributed by atoms with Gasteiger partial charge < -0.3 is 9.15 Å². The molecule has 88 valence electrons. The van der Waals surface area contributed by atoms with Crippen molar-refractivity contribution in [1.82, 2.24) is 4.98 Å². The van der Waals surface area contributed by atoms with Crippen molar-refractivity contribution in [3.8, 4) is 0 Å². The highest BCUT2D eigenvalue weighted by molar-refractivity contribution is 5.73. The molecule has 0 spiro atoms. The molecule has 1 aromatic rings. The number of ether oxygens (including phenoxy) is 1. The second-order valence-electron chi connectivity index (χ2n) is 4.33. The van der Waals surface area contributed by atoms with Crippen LogP contribution in [-0.4, -0.2) is 18.1 Å². The third-order valence-electron chi connectivity index (χ3n) is 3.23. The zero-order valence-corrected chi connectivity index (χ0v) is 9.73. The molecule has 0 saturated heterocycles. The summed E-state index contributed by atoms with van der Waals surface area (Å²) in [6.07, 6.45) is 5.74. The molecule has 4 heteroatoms. The zero-order valence-electron chi connectivity index (χ0n) is 9.73. The number of aromatic nitrogens is 1. The fraction of sp³-hybridized carbons (Fsp3) is 0.667. The van der Waals surface area contributed by atoms with Crippen LogP contribution in [0.3, 0.4) is 0 Å². The van der Waals surface area contributed by atoms with Crippen LogP contribution in [0.2, 0.25) is 0 Å². The highest BCUT2D eigenvalue weighted by Gasteiger charge is 2.35. The summed E-state index contributed by atoms with van der Waals surface area (Å²) in [5.74, 6) is 1.35. The average molecular weight is 223 g/mol. The molecule has 4 nitrogen and oxygen atoms in total. The molecular weight excluding hydrogens is 206 g/mol. The highest BCUT2D eigenvalue weighted by Crippen LogP contribution is 2.37. The Labute approximate surface area is 95.0 Å². The molecule has 2 unspecified atom stereocenters. The van der Waals surface area contributed by atoms with Crippen LogP contribution in [0.5, 0.6) is 0 Å². The van der Waals surface area contributed by atoms with Gasteiger partial charge in [0.25, 0.3) is 0 Å². The number of rotatable bonds is 2. The monoisotopic (exact) mass is 223 g/mol. The van der Waals surface area contributed by atoms with Gasteiger partial charge in [-0.15, -0.1) is 0 Å². The maximum Gasteiger partial charge on any atom is 0.309 e. The number of hydrogen-bond donors (Lipinski definition) is 0. The van der Waals surface area contributed by atoms with E-state index in [1.165, 1.54) is 7.11 Å². The van der Waals surface area contributed by atoms with E-state index in [2.05, 4.69) is 4.98 Å². The van der Waals surface area contributed by atoms with Gasteiger partial charge in [0.2, 0.25) is 0 Å². The van der Waals surface area contributed by atoms with Crippen LogP contribution in [0.1, 0.15) is 43.3 Å². The van der Waals surface area contributed by atoms with Crippen molar-refractivity contribution in [3.63, 3.8) is 0 Å². The van der Waals surface area contributed by atoms with Gasteiger partial charge in [-0.05, 0) is 19.8 Å². The molecule has 1 fully saturated rings. The summed E-state index contributed by atoms with van der Waals surface area (Å²) in [6.45, 7) is 1.87. The maximum absolute atomic E-state index is 11.7. The predicted molar refractivity (Wildman–Crippen MR) is 58.0 cm³/mol. The minimum Gasteiger partial charge on any atom is -0.469 e. The second-order valence-corrected chi connectivity index (χ2v) is 4.33. The lowest BCUT2D eigenvalue weighted by Crippen LogP contribution is -2.26. The Balaban J connectivity index is 2.19. The summed E-state index contributed by atoms with van der Waals surface area (Å²) in [5.41, 5.74) is 0. The molecule has 1 saturated carbocycles. The summed E-state index contributed by atoms with van der Waals surface area (Å²) in [4.78, 5) is 15.9. The van der Waals surface area contributed by atoms with E-state index >= 15 is 0 Å². The van der Waals surface area contributed by atoms with Gasteiger partial charge in [0.1, 0.15) is 5.76 Å². The second kappa shape index (κ2) is 4.68. The number of carbonyl (C=O) groups is 1. The number of esters is 1. The molecule has 1 aromatic heterocycles. The van der Waals surface area contributed by atoms with Crippen LogP contribution in [0, 0.1) is 12.8 Å². The summed E-state index contributed by atoms with van der Waals surface area (Å²) in [5, 5.41) is 0. The van der Waals surface area contributed by atoms with Gasteiger partial charge in [-0.25, -0.2) is 4.98 Å². The third-order valence-corrected chi connectivity index (χ3v) is 3.23. The normalized spacial score (nSPS) is 25.4. The quantitative estimate of drug-likeness (QED) is 0.722. The minimum absolute atomic E-state index is 0.0863. The van der Waals surface area contributed by atoms with Crippen molar-refractivity contribution in [2.75, 3.05) is 7.11 Å². The van der Waals surface area contributed by atoms with Gasteiger partial charge >= 0.3 is 5.97 Å².